The fourth-order valence-corrected chi connectivity index (χ4v) is 3.11. The first-order valence-corrected chi connectivity index (χ1v) is 8.85. The molecule has 22 heavy (non-hydrogen) atoms. The molecule has 2 atom stereocenters. The molecular weight excluding hydrogens is 298 g/mol. The second-order valence-corrected chi connectivity index (χ2v) is 7.69. The van der Waals surface area contributed by atoms with Crippen molar-refractivity contribution in [1.82, 2.24) is 14.7 Å². The van der Waals surface area contributed by atoms with Gasteiger partial charge >= 0.3 is 0 Å². The number of carbonyl (C=O) groups is 1. The van der Waals surface area contributed by atoms with Crippen LogP contribution in [0.2, 0.25) is 0 Å². The molecule has 120 valence electrons. The van der Waals surface area contributed by atoms with Gasteiger partial charge in [0, 0.05) is 29.2 Å². The molecule has 2 heterocycles. The lowest BCUT2D eigenvalue weighted by molar-refractivity contribution is -0.120. The molecule has 0 aliphatic rings. The maximum atomic E-state index is 12.4. The van der Waals surface area contributed by atoms with Crippen molar-refractivity contribution in [3.63, 3.8) is 0 Å². The summed E-state index contributed by atoms with van der Waals surface area (Å²) in [6.45, 7) is 8.36. The number of hydrogen-bond acceptors (Lipinski definition) is 3. The molecule has 2 aromatic heterocycles. The maximum absolute atomic E-state index is 12.4. The molecule has 1 amide bonds. The molecule has 5 nitrogen and oxygen atoms in total. The topological polar surface area (TPSA) is 63.5 Å². The van der Waals surface area contributed by atoms with Gasteiger partial charge in [-0.2, -0.15) is 0 Å². The number of nitrogens with zero attached hydrogens (tertiary/aromatic N) is 2. The fourth-order valence-electron chi connectivity index (χ4n) is 2.11. The third kappa shape index (κ3) is 3.94. The van der Waals surface area contributed by atoms with E-state index in [1.807, 2.05) is 49.6 Å². The van der Waals surface area contributed by atoms with Gasteiger partial charge in [-0.3, -0.25) is 9.00 Å². The number of amides is 1. The van der Waals surface area contributed by atoms with E-state index < -0.39 is 16.0 Å². The van der Waals surface area contributed by atoms with Gasteiger partial charge in [0.1, 0.15) is 10.9 Å². The molecule has 0 saturated heterocycles. The van der Waals surface area contributed by atoms with Crippen LogP contribution in [0, 0.1) is 12.8 Å². The van der Waals surface area contributed by atoms with E-state index in [9.17, 15) is 9.00 Å². The summed E-state index contributed by atoms with van der Waals surface area (Å²) in [6.07, 6.45) is 1.89. The van der Waals surface area contributed by atoms with E-state index in [-0.39, 0.29) is 11.7 Å². The Bertz CT molecular complexity index is 694. The SMILES string of the molecule is Cc1cccc2nc(C[S@](=O)[C@H](C)C(=O)NCC(C)C)cn12. The second-order valence-electron chi connectivity index (χ2n) is 5.93. The lowest BCUT2D eigenvalue weighted by atomic mass is 10.2. The van der Waals surface area contributed by atoms with Crippen LogP contribution < -0.4 is 5.32 Å². The highest BCUT2D eigenvalue weighted by molar-refractivity contribution is 7.85. The summed E-state index contributed by atoms with van der Waals surface area (Å²) in [5.74, 6) is 0.509. The number of hydrogen-bond donors (Lipinski definition) is 1. The summed E-state index contributed by atoms with van der Waals surface area (Å²) in [7, 11) is -1.28. The normalized spacial score (nSPS) is 14.2. The van der Waals surface area contributed by atoms with E-state index in [0.29, 0.717) is 12.5 Å². The summed E-state index contributed by atoms with van der Waals surface area (Å²) < 4.78 is 14.3. The molecule has 0 spiro atoms. The van der Waals surface area contributed by atoms with E-state index in [1.54, 1.807) is 6.92 Å². The molecule has 0 unspecified atom stereocenters. The van der Waals surface area contributed by atoms with Crippen LogP contribution in [0.5, 0.6) is 0 Å². The fraction of sp³-hybridized carbons (Fsp3) is 0.500. The Labute approximate surface area is 133 Å². The van der Waals surface area contributed by atoms with Crippen LogP contribution in [0.4, 0.5) is 0 Å². The molecule has 6 heteroatoms. The predicted molar refractivity (Wildman–Crippen MR) is 89.1 cm³/mol. The van der Waals surface area contributed by atoms with Crippen molar-refractivity contribution in [2.75, 3.05) is 6.54 Å². The van der Waals surface area contributed by atoms with Crippen molar-refractivity contribution in [2.45, 2.75) is 38.7 Å². The van der Waals surface area contributed by atoms with Crippen LogP contribution in [0.1, 0.15) is 32.2 Å². The monoisotopic (exact) mass is 321 g/mol. The maximum Gasteiger partial charge on any atom is 0.235 e. The molecule has 0 fully saturated rings. The van der Waals surface area contributed by atoms with Gasteiger partial charge in [-0.1, -0.05) is 19.9 Å². The Kier molecular flexibility index (Phi) is 5.34. The van der Waals surface area contributed by atoms with Gasteiger partial charge in [0.15, 0.2) is 0 Å². The minimum atomic E-state index is -1.28. The van der Waals surface area contributed by atoms with E-state index in [2.05, 4.69) is 10.3 Å². The first kappa shape index (κ1) is 16.7. The Morgan fingerprint density at radius 3 is 2.73 bits per heavy atom. The quantitative estimate of drug-likeness (QED) is 0.886. The van der Waals surface area contributed by atoms with Crippen LogP contribution in [0.25, 0.3) is 5.65 Å². The van der Waals surface area contributed by atoms with Crippen LogP contribution in [-0.2, 0) is 21.3 Å². The Morgan fingerprint density at radius 1 is 1.36 bits per heavy atom. The molecule has 0 saturated carbocycles. The first-order chi connectivity index (χ1) is 10.4. The molecule has 0 aliphatic carbocycles. The van der Waals surface area contributed by atoms with Gasteiger partial charge < -0.3 is 9.72 Å². The number of rotatable bonds is 6. The third-order valence-electron chi connectivity index (χ3n) is 3.48. The highest BCUT2D eigenvalue weighted by Gasteiger charge is 2.21. The number of imidazole rings is 1. The van der Waals surface area contributed by atoms with Gasteiger partial charge in [0.05, 0.1) is 11.4 Å². The highest BCUT2D eigenvalue weighted by atomic mass is 32.2. The molecule has 0 bridgehead atoms. The number of aromatic nitrogens is 2. The van der Waals surface area contributed by atoms with Gasteiger partial charge in [0.2, 0.25) is 5.91 Å². The minimum Gasteiger partial charge on any atom is -0.355 e. The number of pyridine rings is 1. The van der Waals surface area contributed by atoms with Crippen molar-refractivity contribution in [1.29, 1.82) is 0 Å². The smallest absolute Gasteiger partial charge is 0.235 e. The summed E-state index contributed by atoms with van der Waals surface area (Å²) in [5, 5.41) is 2.29. The van der Waals surface area contributed by atoms with Gasteiger partial charge in [-0.15, -0.1) is 0 Å². The van der Waals surface area contributed by atoms with Crippen LogP contribution >= 0.6 is 0 Å². The lowest BCUT2D eigenvalue weighted by Crippen LogP contribution is -2.37. The Hall–Kier alpha value is -1.69. The number of aryl methyl sites for hydroxylation is 1. The van der Waals surface area contributed by atoms with Gasteiger partial charge in [0.25, 0.3) is 0 Å². The third-order valence-corrected chi connectivity index (χ3v) is 5.07. The minimum absolute atomic E-state index is 0.160. The van der Waals surface area contributed by atoms with Crippen molar-refractivity contribution in [3.05, 3.63) is 35.8 Å². The van der Waals surface area contributed by atoms with E-state index in [1.165, 1.54) is 0 Å². The van der Waals surface area contributed by atoms with Crippen molar-refractivity contribution in [2.24, 2.45) is 5.92 Å². The lowest BCUT2D eigenvalue weighted by Gasteiger charge is -2.12. The molecule has 2 aromatic rings. The summed E-state index contributed by atoms with van der Waals surface area (Å²) in [6, 6.07) is 5.86. The highest BCUT2D eigenvalue weighted by Crippen LogP contribution is 2.11. The molecule has 0 radical (unpaired) electrons. The van der Waals surface area contributed by atoms with E-state index >= 15 is 0 Å². The molecule has 1 N–H and O–H groups in total. The van der Waals surface area contributed by atoms with Crippen LogP contribution in [-0.4, -0.2) is 31.3 Å². The van der Waals surface area contributed by atoms with E-state index in [0.717, 1.165) is 17.0 Å². The van der Waals surface area contributed by atoms with Gasteiger partial charge in [-0.25, -0.2) is 4.98 Å². The summed E-state index contributed by atoms with van der Waals surface area (Å²) >= 11 is 0. The average molecular weight is 321 g/mol. The van der Waals surface area contributed by atoms with Gasteiger partial charge in [-0.05, 0) is 31.9 Å². The number of fused-ring (bicyclic) bond motifs is 1. The van der Waals surface area contributed by atoms with Crippen molar-refractivity contribution >= 4 is 22.4 Å². The zero-order valence-corrected chi connectivity index (χ0v) is 14.3. The predicted octanol–water partition coefficient (Wildman–Crippen LogP) is 2.05. The Balaban J connectivity index is 2.03. The molecule has 0 aromatic carbocycles. The summed E-state index contributed by atoms with van der Waals surface area (Å²) in [5.41, 5.74) is 2.66. The molecular formula is C16H23N3O2S. The van der Waals surface area contributed by atoms with Crippen molar-refractivity contribution < 1.29 is 9.00 Å². The Morgan fingerprint density at radius 2 is 2.09 bits per heavy atom. The van der Waals surface area contributed by atoms with Crippen LogP contribution in [0.3, 0.4) is 0 Å². The summed E-state index contributed by atoms with van der Waals surface area (Å²) in [4.78, 5) is 16.4. The zero-order valence-electron chi connectivity index (χ0n) is 13.5. The zero-order chi connectivity index (χ0) is 16.3. The second kappa shape index (κ2) is 7.05. The number of carbonyl (C=O) groups excluding carboxylic acids is 1. The number of nitrogens with one attached hydrogen (secondary N) is 1. The van der Waals surface area contributed by atoms with E-state index in [4.69, 9.17) is 0 Å². The van der Waals surface area contributed by atoms with Crippen molar-refractivity contribution in [3.8, 4) is 0 Å². The first-order valence-electron chi connectivity index (χ1n) is 7.47. The molecule has 2 rings (SSSR count). The largest absolute Gasteiger partial charge is 0.355 e. The van der Waals surface area contributed by atoms with Crippen LogP contribution in [0.15, 0.2) is 24.4 Å². The standard InChI is InChI=1S/C16H23N3O2S/c1-11(2)8-17-16(20)13(4)22(21)10-14-9-19-12(3)6-5-7-15(19)18-14/h5-7,9,11,13H,8,10H2,1-4H3,(H,17,20)/t13-,22+/m1/s1. The average Bonchev–Trinajstić information content (AvgIpc) is 2.87. The molecule has 0 aliphatic heterocycles.